The molecule has 196 valence electrons. The highest BCUT2D eigenvalue weighted by Gasteiger charge is 2.27. The van der Waals surface area contributed by atoms with Crippen LogP contribution in [0.3, 0.4) is 0 Å². The fourth-order valence-electron chi connectivity index (χ4n) is 3.70. The maximum atomic E-state index is 13.0. The maximum absolute atomic E-state index is 13.0. The molecular formula is C25H26F3N5O3S. The molecule has 0 fully saturated rings. The van der Waals surface area contributed by atoms with Crippen LogP contribution in [-0.4, -0.2) is 50.1 Å². The minimum Gasteiger partial charge on any atom is -0.495 e. The highest BCUT2D eigenvalue weighted by atomic mass is 32.3. The minimum absolute atomic E-state index is 0.0792. The Morgan fingerprint density at radius 1 is 0.973 bits per heavy atom. The number of alkyl halides is 3. The first-order valence-corrected chi connectivity index (χ1v) is 13.1. The fourth-order valence-corrected chi connectivity index (χ4v) is 4.59. The number of nitrogens with one attached hydrogen (secondary N) is 2. The van der Waals surface area contributed by atoms with Crippen molar-refractivity contribution in [1.29, 1.82) is 0 Å². The molecule has 2 heterocycles. The highest BCUT2D eigenvalue weighted by Crippen LogP contribution is 2.50. The van der Waals surface area contributed by atoms with E-state index in [9.17, 15) is 22.3 Å². The molecule has 12 heteroatoms. The molecule has 4 rings (SSSR count). The van der Waals surface area contributed by atoms with Crippen molar-refractivity contribution in [2.45, 2.75) is 24.5 Å². The molecule has 0 aliphatic rings. The average molecular weight is 534 g/mol. The number of methoxy groups -OCH3 is 1. The Morgan fingerprint density at radius 3 is 2.43 bits per heavy atom. The molecule has 0 aliphatic carbocycles. The van der Waals surface area contributed by atoms with Crippen molar-refractivity contribution in [2.75, 3.05) is 30.5 Å². The number of benzene rings is 2. The summed E-state index contributed by atoms with van der Waals surface area (Å²) in [6.07, 6.45) is -3.19. The van der Waals surface area contributed by atoms with Gasteiger partial charge < -0.3 is 15.4 Å². The van der Waals surface area contributed by atoms with E-state index in [1.54, 1.807) is 24.3 Å². The van der Waals surface area contributed by atoms with Gasteiger partial charge in [0.2, 0.25) is 5.95 Å². The number of fused-ring (bicyclic) bond motifs is 1. The predicted octanol–water partition coefficient (Wildman–Crippen LogP) is 6.33. The molecule has 0 atom stereocenters. The molecule has 0 saturated carbocycles. The average Bonchev–Trinajstić information content (AvgIpc) is 2.84. The molecule has 0 saturated heterocycles. The van der Waals surface area contributed by atoms with Gasteiger partial charge in [-0.05, 0) is 42.8 Å². The molecule has 0 bridgehead atoms. The molecule has 0 unspecified atom stereocenters. The quantitative estimate of drug-likeness (QED) is 0.208. The first-order chi connectivity index (χ1) is 17.4. The van der Waals surface area contributed by atoms with E-state index in [4.69, 9.17) is 4.74 Å². The summed E-state index contributed by atoms with van der Waals surface area (Å²) in [6, 6.07) is 15.8. The number of rotatable bonds is 8. The van der Waals surface area contributed by atoms with Crippen LogP contribution in [0.1, 0.15) is 11.1 Å². The number of ether oxygens (including phenoxy) is 1. The molecule has 0 aliphatic heterocycles. The van der Waals surface area contributed by atoms with Gasteiger partial charge in [-0.1, -0.05) is 29.8 Å². The lowest BCUT2D eigenvalue weighted by Gasteiger charge is -2.29. The molecule has 2 aromatic carbocycles. The summed E-state index contributed by atoms with van der Waals surface area (Å²) in [7, 11) is -1.70. The first kappa shape index (κ1) is 26.5. The van der Waals surface area contributed by atoms with Crippen LogP contribution in [0.25, 0.3) is 22.3 Å². The Balaban J connectivity index is 1.74. The molecule has 4 N–H and O–H groups in total. The Labute approximate surface area is 213 Å². The second kappa shape index (κ2) is 10.4. The van der Waals surface area contributed by atoms with E-state index in [2.05, 4.69) is 25.6 Å². The van der Waals surface area contributed by atoms with E-state index in [1.807, 2.05) is 31.2 Å². The van der Waals surface area contributed by atoms with Crippen molar-refractivity contribution in [3.63, 3.8) is 0 Å². The van der Waals surface area contributed by atoms with Crippen LogP contribution in [0.4, 0.5) is 24.9 Å². The maximum Gasteiger partial charge on any atom is 0.405 e. The number of aromatic nitrogens is 3. The Morgan fingerprint density at radius 2 is 1.76 bits per heavy atom. The SMILES string of the molecule is COc1ccc(-c2ccc3nc(NCc4cccc(C)c4)nc(NCC(F)(F)F)c3n2)cc1S(C)(O)O. The topological polar surface area (TPSA) is 112 Å². The zero-order valence-corrected chi connectivity index (χ0v) is 21.1. The summed E-state index contributed by atoms with van der Waals surface area (Å²) in [5.74, 6) is 0.372. The van der Waals surface area contributed by atoms with Crippen molar-refractivity contribution in [3.05, 3.63) is 65.7 Å². The zero-order valence-electron chi connectivity index (χ0n) is 20.3. The monoisotopic (exact) mass is 533 g/mol. The molecule has 0 amide bonds. The van der Waals surface area contributed by atoms with Gasteiger partial charge in [-0.15, -0.1) is 0 Å². The molecule has 4 aromatic rings. The summed E-state index contributed by atoms with van der Waals surface area (Å²) in [5.41, 5.74) is 3.43. The molecule has 0 spiro atoms. The van der Waals surface area contributed by atoms with Crippen molar-refractivity contribution < 1.29 is 27.0 Å². The van der Waals surface area contributed by atoms with E-state index in [1.165, 1.54) is 19.4 Å². The van der Waals surface area contributed by atoms with Crippen molar-refractivity contribution in [3.8, 4) is 17.0 Å². The van der Waals surface area contributed by atoms with Gasteiger partial charge in [-0.2, -0.15) is 28.7 Å². The van der Waals surface area contributed by atoms with Crippen molar-refractivity contribution in [1.82, 2.24) is 15.0 Å². The largest absolute Gasteiger partial charge is 0.495 e. The highest BCUT2D eigenvalue weighted by molar-refractivity contribution is 8.23. The second-order valence-corrected chi connectivity index (χ2v) is 10.6. The predicted molar refractivity (Wildman–Crippen MR) is 139 cm³/mol. The third-order valence-electron chi connectivity index (χ3n) is 5.41. The van der Waals surface area contributed by atoms with E-state index in [0.717, 1.165) is 11.1 Å². The summed E-state index contributed by atoms with van der Waals surface area (Å²) in [6.45, 7) is 1.05. The van der Waals surface area contributed by atoms with Gasteiger partial charge in [0.05, 0.1) is 18.3 Å². The number of hydrogen-bond donors (Lipinski definition) is 4. The molecule has 2 aromatic heterocycles. The lowest BCUT2D eigenvalue weighted by molar-refractivity contribution is -0.115. The van der Waals surface area contributed by atoms with Gasteiger partial charge in [0.25, 0.3) is 0 Å². The normalized spacial score (nSPS) is 12.4. The molecule has 0 radical (unpaired) electrons. The lowest BCUT2D eigenvalue weighted by Crippen LogP contribution is -2.22. The Kier molecular flexibility index (Phi) is 7.44. The van der Waals surface area contributed by atoms with Crippen LogP contribution in [-0.2, 0) is 6.54 Å². The van der Waals surface area contributed by atoms with E-state index in [0.29, 0.717) is 29.1 Å². The summed E-state index contributed by atoms with van der Waals surface area (Å²) in [5, 5.41) is 5.40. The van der Waals surface area contributed by atoms with Gasteiger partial charge >= 0.3 is 6.18 Å². The Bertz CT molecular complexity index is 1430. The van der Waals surface area contributed by atoms with Crippen LogP contribution in [0.15, 0.2) is 59.5 Å². The lowest BCUT2D eigenvalue weighted by atomic mass is 10.1. The van der Waals surface area contributed by atoms with Crippen LogP contribution in [0, 0.1) is 6.92 Å². The number of nitrogens with zero attached hydrogens (tertiary/aromatic N) is 3. The molecular weight excluding hydrogens is 507 g/mol. The number of hydrogen-bond acceptors (Lipinski definition) is 8. The summed E-state index contributed by atoms with van der Waals surface area (Å²) in [4.78, 5) is 13.4. The number of aryl methyl sites for hydroxylation is 1. The number of anilines is 2. The van der Waals surface area contributed by atoms with Crippen LogP contribution in [0.2, 0.25) is 0 Å². The zero-order chi connectivity index (χ0) is 26.8. The molecule has 8 nitrogen and oxygen atoms in total. The smallest absolute Gasteiger partial charge is 0.405 e. The molecule has 37 heavy (non-hydrogen) atoms. The van der Waals surface area contributed by atoms with E-state index in [-0.39, 0.29) is 22.2 Å². The van der Waals surface area contributed by atoms with Crippen LogP contribution >= 0.6 is 10.6 Å². The third kappa shape index (κ3) is 6.59. The van der Waals surface area contributed by atoms with Gasteiger partial charge in [0.15, 0.2) is 5.82 Å². The van der Waals surface area contributed by atoms with Gasteiger partial charge in [-0.3, -0.25) is 9.11 Å². The third-order valence-corrected chi connectivity index (χ3v) is 6.56. The number of halogens is 3. The van der Waals surface area contributed by atoms with Gasteiger partial charge in [0, 0.05) is 18.4 Å². The first-order valence-electron chi connectivity index (χ1n) is 11.1. The standard InChI is InChI=1S/C25H26F3N5O3S/c1-15-5-4-6-16(11-15)13-29-24-32-19-9-8-18(31-22(19)23(33-24)30-14-25(26,27)28)17-7-10-20(36-2)21(12-17)37(3,34)35/h4-12,34-35H,13-14H2,1-3H3,(H2,29,30,32,33). The Hall–Kier alpha value is -3.61. The summed E-state index contributed by atoms with van der Waals surface area (Å²) < 4.78 is 64.7. The van der Waals surface area contributed by atoms with E-state index >= 15 is 0 Å². The second-order valence-electron chi connectivity index (χ2n) is 8.47. The van der Waals surface area contributed by atoms with Crippen molar-refractivity contribution in [2.24, 2.45) is 0 Å². The number of pyridine rings is 1. The van der Waals surface area contributed by atoms with E-state index < -0.39 is 23.3 Å². The van der Waals surface area contributed by atoms with Crippen LogP contribution in [0.5, 0.6) is 5.75 Å². The van der Waals surface area contributed by atoms with Crippen molar-refractivity contribution >= 4 is 33.4 Å². The van der Waals surface area contributed by atoms with Gasteiger partial charge in [-0.25, -0.2) is 9.97 Å². The fraction of sp³-hybridized carbons (Fsp3) is 0.240. The van der Waals surface area contributed by atoms with Gasteiger partial charge in [0.1, 0.15) is 22.7 Å². The van der Waals surface area contributed by atoms with Crippen LogP contribution < -0.4 is 15.4 Å². The summed E-state index contributed by atoms with van der Waals surface area (Å²) >= 11 is 0. The minimum atomic E-state index is -4.47.